The number of hydrogen-bond donors (Lipinski definition) is 1. The lowest BCUT2D eigenvalue weighted by atomic mass is 10.1. The van der Waals surface area contributed by atoms with Crippen molar-refractivity contribution in [3.63, 3.8) is 0 Å². The van der Waals surface area contributed by atoms with Crippen LogP contribution in [0.1, 0.15) is 68.9 Å². The number of nitriles is 1. The van der Waals surface area contributed by atoms with Gasteiger partial charge in [-0.15, -0.1) is 0 Å². The van der Waals surface area contributed by atoms with Crippen molar-refractivity contribution in [3.05, 3.63) is 71.8 Å². The summed E-state index contributed by atoms with van der Waals surface area (Å²) in [7, 11) is 0. The fourth-order valence-electron chi connectivity index (χ4n) is 3.36. The van der Waals surface area contributed by atoms with Gasteiger partial charge in [0.05, 0.1) is 12.7 Å². The number of nitrogens with zero attached hydrogens (tertiary/aromatic N) is 2. The molecule has 1 amide bonds. The number of amides is 1. The Morgan fingerprint density at radius 1 is 0.818 bits per heavy atom. The molecule has 0 heterocycles. The van der Waals surface area contributed by atoms with Crippen LogP contribution in [0.5, 0.6) is 0 Å². The molecular formula is C27H37N3O3. The molecule has 0 saturated carbocycles. The number of nitrogens with one attached hydrogen (secondary N) is 1. The fourth-order valence-corrected chi connectivity index (χ4v) is 3.36. The number of benzene rings is 2. The Morgan fingerprint density at radius 3 is 2.15 bits per heavy atom. The van der Waals surface area contributed by atoms with E-state index in [2.05, 4.69) is 11.5 Å². The second-order valence-corrected chi connectivity index (χ2v) is 8.06. The molecule has 0 radical (unpaired) electrons. The van der Waals surface area contributed by atoms with Gasteiger partial charge in [0.2, 0.25) is 5.91 Å². The SMILES string of the molecule is N#CCCCCN(OCc1ccccc1)C(=O)CCCCCCCNOCc1ccccc1. The highest BCUT2D eigenvalue weighted by atomic mass is 16.7. The number of hydroxylamine groups is 3. The van der Waals surface area contributed by atoms with Gasteiger partial charge in [0.1, 0.15) is 6.61 Å². The summed E-state index contributed by atoms with van der Waals surface area (Å²) in [6.07, 6.45) is 7.69. The lowest BCUT2D eigenvalue weighted by Gasteiger charge is -2.22. The van der Waals surface area contributed by atoms with E-state index in [1.807, 2.05) is 60.7 Å². The third kappa shape index (κ3) is 12.8. The van der Waals surface area contributed by atoms with Crippen molar-refractivity contribution in [1.29, 1.82) is 5.26 Å². The van der Waals surface area contributed by atoms with Crippen molar-refractivity contribution in [2.45, 2.75) is 71.0 Å². The molecule has 1 N–H and O–H groups in total. The van der Waals surface area contributed by atoms with Crippen LogP contribution >= 0.6 is 0 Å². The fraction of sp³-hybridized carbons (Fsp3) is 0.481. The molecular weight excluding hydrogens is 414 g/mol. The van der Waals surface area contributed by atoms with E-state index in [-0.39, 0.29) is 5.91 Å². The molecule has 33 heavy (non-hydrogen) atoms. The van der Waals surface area contributed by atoms with E-state index in [4.69, 9.17) is 14.9 Å². The number of carbonyl (C=O) groups excluding carboxylic acids is 1. The van der Waals surface area contributed by atoms with Gasteiger partial charge in [0.25, 0.3) is 0 Å². The molecule has 178 valence electrons. The van der Waals surface area contributed by atoms with Crippen LogP contribution in [0.4, 0.5) is 0 Å². The Morgan fingerprint density at radius 2 is 1.45 bits per heavy atom. The number of carbonyl (C=O) groups is 1. The predicted molar refractivity (Wildman–Crippen MR) is 129 cm³/mol. The van der Waals surface area contributed by atoms with Crippen LogP contribution in [0.2, 0.25) is 0 Å². The van der Waals surface area contributed by atoms with Crippen LogP contribution in [0.3, 0.4) is 0 Å². The van der Waals surface area contributed by atoms with E-state index in [0.717, 1.165) is 62.6 Å². The second kappa shape index (κ2) is 17.8. The largest absolute Gasteiger partial charge is 0.297 e. The van der Waals surface area contributed by atoms with Crippen LogP contribution in [0.25, 0.3) is 0 Å². The highest BCUT2D eigenvalue weighted by molar-refractivity contribution is 5.75. The minimum atomic E-state index is 0.0267. The number of unbranched alkanes of at least 4 members (excludes halogenated alkanes) is 6. The summed E-state index contributed by atoms with van der Waals surface area (Å²) < 4.78 is 0. The van der Waals surface area contributed by atoms with E-state index in [1.54, 1.807) is 0 Å². The first-order valence-electron chi connectivity index (χ1n) is 12.0. The molecule has 0 aliphatic carbocycles. The summed E-state index contributed by atoms with van der Waals surface area (Å²) >= 11 is 0. The molecule has 0 aliphatic rings. The zero-order valence-electron chi connectivity index (χ0n) is 19.6. The third-order valence-electron chi connectivity index (χ3n) is 5.26. The third-order valence-corrected chi connectivity index (χ3v) is 5.26. The first-order chi connectivity index (χ1) is 16.3. The number of rotatable bonds is 18. The Kier molecular flexibility index (Phi) is 14.3. The molecule has 0 saturated heterocycles. The molecule has 0 fully saturated rings. The van der Waals surface area contributed by atoms with Gasteiger partial charge in [-0.25, -0.2) is 10.5 Å². The van der Waals surface area contributed by atoms with Crippen molar-refractivity contribution in [1.82, 2.24) is 10.5 Å². The molecule has 0 bridgehead atoms. The van der Waals surface area contributed by atoms with Crippen LogP contribution in [-0.2, 0) is 27.7 Å². The molecule has 0 aliphatic heterocycles. The predicted octanol–water partition coefficient (Wildman–Crippen LogP) is 5.70. The van der Waals surface area contributed by atoms with Crippen molar-refractivity contribution in [3.8, 4) is 6.07 Å². The van der Waals surface area contributed by atoms with Crippen LogP contribution in [-0.4, -0.2) is 24.1 Å². The van der Waals surface area contributed by atoms with Gasteiger partial charge in [0.15, 0.2) is 0 Å². The smallest absolute Gasteiger partial charge is 0.246 e. The van der Waals surface area contributed by atoms with Gasteiger partial charge in [-0.2, -0.15) is 5.26 Å². The molecule has 2 rings (SSSR count). The number of hydrogen-bond acceptors (Lipinski definition) is 5. The van der Waals surface area contributed by atoms with Crippen LogP contribution < -0.4 is 5.48 Å². The minimum absolute atomic E-state index is 0.0267. The molecule has 2 aromatic carbocycles. The Balaban J connectivity index is 1.54. The maximum absolute atomic E-state index is 12.7. The second-order valence-electron chi connectivity index (χ2n) is 8.06. The highest BCUT2D eigenvalue weighted by Crippen LogP contribution is 2.11. The van der Waals surface area contributed by atoms with Crippen molar-refractivity contribution < 1.29 is 14.5 Å². The molecule has 0 spiro atoms. The van der Waals surface area contributed by atoms with Gasteiger partial charge in [-0.05, 0) is 36.8 Å². The van der Waals surface area contributed by atoms with E-state index < -0.39 is 0 Å². The molecule has 6 nitrogen and oxygen atoms in total. The average Bonchev–Trinajstić information content (AvgIpc) is 2.86. The zero-order chi connectivity index (χ0) is 23.4. The van der Waals surface area contributed by atoms with Crippen molar-refractivity contribution >= 4 is 5.91 Å². The normalized spacial score (nSPS) is 10.6. The van der Waals surface area contributed by atoms with Crippen molar-refractivity contribution in [2.24, 2.45) is 0 Å². The molecule has 0 aromatic heterocycles. The lowest BCUT2D eigenvalue weighted by Crippen LogP contribution is -2.32. The van der Waals surface area contributed by atoms with E-state index in [0.29, 0.717) is 32.6 Å². The monoisotopic (exact) mass is 451 g/mol. The van der Waals surface area contributed by atoms with Gasteiger partial charge in [0, 0.05) is 25.9 Å². The molecule has 0 atom stereocenters. The summed E-state index contributed by atoms with van der Waals surface area (Å²) in [5, 5.41) is 10.2. The van der Waals surface area contributed by atoms with Crippen molar-refractivity contribution in [2.75, 3.05) is 13.1 Å². The van der Waals surface area contributed by atoms with Gasteiger partial charge in [-0.3, -0.25) is 14.5 Å². The summed E-state index contributed by atoms with van der Waals surface area (Å²) in [5.74, 6) is 0.0267. The lowest BCUT2D eigenvalue weighted by molar-refractivity contribution is -0.192. The Labute approximate surface area is 198 Å². The van der Waals surface area contributed by atoms with Gasteiger partial charge >= 0.3 is 0 Å². The Hall–Kier alpha value is -2.72. The topological polar surface area (TPSA) is 74.6 Å². The van der Waals surface area contributed by atoms with E-state index in [9.17, 15) is 4.79 Å². The highest BCUT2D eigenvalue weighted by Gasteiger charge is 2.14. The summed E-state index contributed by atoms with van der Waals surface area (Å²) in [6.45, 7) is 2.31. The van der Waals surface area contributed by atoms with E-state index in [1.165, 1.54) is 5.06 Å². The average molecular weight is 452 g/mol. The van der Waals surface area contributed by atoms with Crippen LogP contribution in [0, 0.1) is 11.3 Å². The van der Waals surface area contributed by atoms with Gasteiger partial charge < -0.3 is 0 Å². The standard InChI is InChI=1S/C27H37N3O3/c28-20-12-6-14-22-30(33-24-26-17-9-5-10-18-26)27(31)19-11-2-1-3-13-21-29-32-23-25-15-7-4-8-16-25/h4-5,7-10,15-18,29H,1-3,6,11-14,19,21-24H2. The maximum atomic E-state index is 12.7. The Bertz CT molecular complexity index is 793. The minimum Gasteiger partial charge on any atom is -0.297 e. The first-order valence-corrected chi connectivity index (χ1v) is 12.0. The van der Waals surface area contributed by atoms with Gasteiger partial charge in [-0.1, -0.05) is 79.9 Å². The maximum Gasteiger partial charge on any atom is 0.246 e. The molecule has 6 heteroatoms. The summed E-state index contributed by atoms with van der Waals surface area (Å²) in [4.78, 5) is 24.0. The zero-order valence-corrected chi connectivity index (χ0v) is 19.6. The molecule has 2 aromatic rings. The first kappa shape index (κ1) is 26.5. The van der Waals surface area contributed by atoms with Crippen LogP contribution in [0.15, 0.2) is 60.7 Å². The quantitative estimate of drug-likeness (QED) is 0.232. The summed E-state index contributed by atoms with van der Waals surface area (Å²) in [5.41, 5.74) is 5.21. The summed E-state index contributed by atoms with van der Waals surface area (Å²) in [6, 6.07) is 22.1. The van der Waals surface area contributed by atoms with E-state index >= 15 is 0 Å². The molecule has 0 unspecified atom stereocenters.